The molecule has 0 saturated carbocycles. The van der Waals surface area contributed by atoms with Crippen LogP contribution in [0.2, 0.25) is 0 Å². The molecule has 0 amide bonds. The van der Waals surface area contributed by atoms with Crippen LogP contribution in [0, 0.1) is 28.5 Å². The summed E-state index contributed by atoms with van der Waals surface area (Å²) in [5.41, 5.74) is 0.0991. The predicted molar refractivity (Wildman–Crippen MR) is 127 cm³/mol. The van der Waals surface area contributed by atoms with Gasteiger partial charge in [0.15, 0.2) is 5.78 Å². The van der Waals surface area contributed by atoms with E-state index in [0.29, 0.717) is 5.56 Å². The second-order valence-corrected chi connectivity index (χ2v) is 7.72. The van der Waals surface area contributed by atoms with Crippen molar-refractivity contribution in [2.45, 2.75) is 6.54 Å². The van der Waals surface area contributed by atoms with Gasteiger partial charge >= 0.3 is 5.97 Å². The number of nitrogens with zero attached hydrogens (tertiary/aromatic N) is 3. The van der Waals surface area contributed by atoms with E-state index in [-0.39, 0.29) is 34.5 Å². The molecular formula is C28H16FN3O4. The first-order chi connectivity index (χ1) is 17.4. The zero-order valence-electron chi connectivity index (χ0n) is 18.6. The molecule has 0 aliphatic carbocycles. The number of ether oxygens (including phenoxy) is 1. The standard InChI is InChI=1S/C28H16FN3O4/c29-23-10-11-25(36-28(35)20-8-6-18(14-30)7-9-20)24(13-23)26(33)22-12-21(15-31)27(34)32(17-22)16-19-4-2-1-3-5-19/h1-13,17H,16H2. The first kappa shape index (κ1) is 23.8. The molecule has 1 aromatic heterocycles. The van der Waals surface area contributed by atoms with E-state index in [0.717, 1.165) is 29.8 Å². The molecule has 174 valence electrons. The van der Waals surface area contributed by atoms with Crippen molar-refractivity contribution in [3.05, 3.63) is 135 Å². The van der Waals surface area contributed by atoms with Crippen LogP contribution in [0.3, 0.4) is 0 Å². The molecule has 0 N–H and O–H groups in total. The maximum atomic E-state index is 14.1. The number of pyridine rings is 1. The Morgan fingerprint density at radius 3 is 2.28 bits per heavy atom. The Morgan fingerprint density at radius 2 is 1.61 bits per heavy atom. The molecule has 0 aliphatic rings. The van der Waals surface area contributed by atoms with Gasteiger partial charge in [-0.1, -0.05) is 30.3 Å². The van der Waals surface area contributed by atoms with E-state index in [1.54, 1.807) is 30.3 Å². The molecule has 0 atom stereocenters. The summed E-state index contributed by atoms with van der Waals surface area (Å²) in [5, 5.41) is 18.4. The first-order valence-electron chi connectivity index (χ1n) is 10.6. The average molecular weight is 477 g/mol. The Balaban J connectivity index is 1.71. The molecule has 0 bridgehead atoms. The van der Waals surface area contributed by atoms with E-state index in [2.05, 4.69) is 0 Å². The number of aromatic nitrogens is 1. The van der Waals surface area contributed by atoms with Crippen molar-refractivity contribution in [3.8, 4) is 17.9 Å². The number of esters is 1. The highest BCUT2D eigenvalue weighted by Gasteiger charge is 2.21. The van der Waals surface area contributed by atoms with Crippen LogP contribution >= 0.6 is 0 Å². The summed E-state index contributed by atoms with van der Waals surface area (Å²) in [6.45, 7) is 0.110. The number of rotatable bonds is 6. The van der Waals surface area contributed by atoms with Crippen molar-refractivity contribution in [1.29, 1.82) is 10.5 Å². The van der Waals surface area contributed by atoms with Crippen LogP contribution < -0.4 is 10.3 Å². The summed E-state index contributed by atoms with van der Waals surface area (Å²) in [4.78, 5) is 38.7. The molecule has 4 rings (SSSR count). The molecule has 3 aromatic carbocycles. The van der Waals surface area contributed by atoms with E-state index in [1.807, 2.05) is 12.1 Å². The van der Waals surface area contributed by atoms with Crippen molar-refractivity contribution in [3.63, 3.8) is 0 Å². The van der Waals surface area contributed by atoms with Gasteiger partial charge in [0.2, 0.25) is 0 Å². The van der Waals surface area contributed by atoms with Gasteiger partial charge in [0.05, 0.1) is 29.3 Å². The number of nitriles is 2. The molecule has 8 heteroatoms. The molecule has 0 saturated heterocycles. The summed E-state index contributed by atoms with van der Waals surface area (Å²) in [6.07, 6.45) is 1.29. The number of carbonyl (C=O) groups excluding carboxylic acids is 2. The minimum absolute atomic E-state index is 0.0525. The lowest BCUT2D eigenvalue weighted by Crippen LogP contribution is -2.24. The molecule has 1 heterocycles. The number of hydrogen-bond acceptors (Lipinski definition) is 6. The lowest BCUT2D eigenvalue weighted by molar-refractivity contribution is 0.0732. The predicted octanol–water partition coefficient (Wildman–Crippen LogP) is 4.23. The largest absolute Gasteiger partial charge is 0.422 e. The molecule has 0 aliphatic heterocycles. The zero-order chi connectivity index (χ0) is 25.7. The Bertz CT molecular complexity index is 1610. The number of hydrogen-bond donors (Lipinski definition) is 0. The van der Waals surface area contributed by atoms with Gasteiger partial charge in [0.1, 0.15) is 23.2 Å². The zero-order valence-corrected chi connectivity index (χ0v) is 18.6. The highest BCUT2D eigenvalue weighted by molar-refractivity contribution is 6.11. The quantitative estimate of drug-likeness (QED) is 0.233. The number of carbonyl (C=O) groups is 2. The van der Waals surface area contributed by atoms with E-state index < -0.39 is 23.1 Å². The topological polar surface area (TPSA) is 113 Å². The van der Waals surface area contributed by atoms with Gasteiger partial charge < -0.3 is 9.30 Å². The first-order valence-corrected chi connectivity index (χ1v) is 10.6. The Labute approximate surface area is 204 Å². The highest BCUT2D eigenvalue weighted by Crippen LogP contribution is 2.24. The summed E-state index contributed by atoms with van der Waals surface area (Å²) in [6, 6.07) is 22.6. The van der Waals surface area contributed by atoms with Gasteiger partial charge in [-0.15, -0.1) is 0 Å². The fourth-order valence-electron chi connectivity index (χ4n) is 3.50. The monoisotopic (exact) mass is 477 g/mol. The van der Waals surface area contributed by atoms with E-state index in [1.165, 1.54) is 35.0 Å². The molecule has 0 unspecified atom stereocenters. The van der Waals surface area contributed by atoms with Crippen molar-refractivity contribution in [2.75, 3.05) is 0 Å². The van der Waals surface area contributed by atoms with Crippen molar-refractivity contribution < 1.29 is 18.7 Å². The van der Waals surface area contributed by atoms with Crippen LogP contribution in [-0.2, 0) is 6.54 Å². The van der Waals surface area contributed by atoms with Crippen LogP contribution in [-0.4, -0.2) is 16.3 Å². The lowest BCUT2D eigenvalue weighted by atomic mass is 10.0. The molecule has 0 spiro atoms. The maximum Gasteiger partial charge on any atom is 0.343 e. The Hall–Kier alpha value is -5.34. The number of benzene rings is 3. The molecule has 7 nitrogen and oxygen atoms in total. The minimum Gasteiger partial charge on any atom is -0.422 e. The third-order valence-electron chi connectivity index (χ3n) is 5.30. The van der Waals surface area contributed by atoms with Crippen LogP contribution in [0.25, 0.3) is 0 Å². The lowest BCUT2D eigenvalue weighted by Gasteiger charge is -2.12. The SMILES string of the molecule is N#Cc1ccc(C(=O)Oc2ccc(F)cc2C(=O)c2cc(C#N)c(=O)n(Cc3ccccc3)c2)cc1. The van der Waals surface area contributed by atoms with E-state index in [4.69, 9.17) is 10.00 Å². The third kappa shape index (κ3) is 5.09. The molecule has 0 radical (unpaired) electrons. The minimum atomic E-state index is -0.813. The second-order valence-electron chi connectivity index (χ2n) is 7.72. The maximum absolute atomic E-state index is 14.1. The average Bonchev–Trinajstić information content (AvgIpc) is 2.91. The van der Waals surface area contributed by atoms with Crippen LogP contribution in [0.5, 0.6) is 5.75 Å². The van der Waals surface area contributed by atoms with Gasteiger partial charge in [-0.25, -0.2) is 9.18 Å². The van der Waals surface area contributed by atoms with Crippen molar-refractivity contribution in [1.82, 2.24) is 4.57 Å². The summed E-state index contributed by atoms with van der Waals surface area (Å²) >= 11 is 0. The van der Waals surface area contributed by atoms with Crippen molar-refractivity contribution in [2.24, 2.45) is 0 Å². The Kier molecular flexibility index (Phi) is 6.80. The smallest absolute Gasteiger partial charge is 0.343 e. The normalized spacial score (nSPS) is 10.2. The Morgan fingerprint density at radius 1 is 0.889 bits per heavy atom. The fourth-order valence-corrected chi connectivity index (χ4v) is 3.50. The van der Waals surface area contributed by atoms with Crippen LogP contribution in [0.1, 0.15) is 43.0 Å². The number of ketones is 1. The fraction of sp³-hybridized carbons (Fsp3) is 0.0357. The molecule has 0 fully saturated rings. The third-order valence-corrected chi connectivity index (χ3v) is 5.30. The highest BCUT2D eigenvalue weighted by atomic mass is 19.1. The van der Waals surface area contributed by atoms with E-state index >= 15 is 0 Å². The van der Waals surface area contributed by atoms with Crippen LogP contribution in [0.15, 0.2) is 89.9 Å². The summed E-state index contributed by atoms with van der Waals surface area (Å²) in [5.74, 6) is -2.49. The van der Waals surface area contributed by atoms with Gasteiger partial charge in [0, 0.05) is 11.8 Å². The number of halogens is 1. The van der Waals surface area contributed by atoms with Crippen LogP contribution in [0.4, 0.5) is 4.39 Å². The van der Waals surface area contributed by atoms with Gasteiger partial charge in [-0.3, -0.25) is 9.59 Å². The molecule has 4 aromatic rings. The van der Waals surface area contributed by atoms with Crippen molar-refractivity contribution >= 4 is 11.8 Å². The molecule has 36 heavy (non-hydrogen) atoms. The van der Waals surface area contributed by atoms with E-state index in [9.17, 15) is 24.0 Å². The van der Waals surface area contributed by atoms with Gasteiger partial charge in [-0.2, -0.15) is 10.5 Å². The second kappa shape index (κ2) is 10.3. The van der Waals surface area contributed by atoms with Gasteiger partial charge in [0.25, 0.3) is 5.56 Å². The van der Waals surface area contributed by atoms with Gasteiger partial charge in [-0.05, 0) is 54.1 Å². The summed E-state index contributed by atoms with van der Waals surface area (Å²) < 4.78 is 20.7. The molecular weight excluding hydrogens is 461 g/mol. The summed E-state index contributed by atoms with van der Waals surface area (Å²) in [7, 11) is 0.